The second kappa shape index (κ2) is 5.85. The van der Waals surface area contributed by atoms with E-state index in [2.05, 4.69) is 21.8 Å². The van der Waals surface area contributed by atoms with Gasteiger partial charge in [0.25, 0.3) is 0 Å². The predicted molar refractivity (Wildman–Crippen MR) is 57.5 cm³/mol. The Kier molecular flexibility index (Phi) is 4.74. The third-order valence-corrected chi connectivity index (χ3v) is 2.41. The highest BCUT2D eigenvalue weighted by molar-refractivity contribution is 5.00. The van der Waals surface area contributed by atoms with Crippen molar-refractivity contribution in [1.29, 1.82) is 0 Å². The van der Waals surface area contributed by atoms with Gasteiger partial charge in [0.05, 0.1) is 0 Å². The van der Waals surface area contributed by atoms with Crippen LogP contribution in [0.3, 0.4) is 0 Å². The first-order valence-electron chi connectivity index (χ1n) is 5.02. The minimum absolute atomic E-state index is 0.0602. The Balaban J connectivity index is 2.90. The summed E-state index contributed by atoms with van der Waals surface area (Å²) in [5.74, 6) is 0.925. The van der Waals surface area contributed by atoms with Crippen molar-refractivity contribution in [2.24, 2.45) is 0 Å². The van der Waals surface area contributed by atoms with E-state index < -0.39 is 0 Å². The first-order chi connectivity index (χ1) is 7.28. The van der Waals surface area contributed by atoms with Gasteiger partial charge in [0.15, 0.2) is 6.29 Å². The van der Waals surface area contributed by atoms with Crippen molar-refractivity contribution in [2.45, 2.75) is 25.8 Å². The molecule has 5 nitrogen and oxygen atoms in total. The van der Waals surface area contributed by atoms with Crippen LogP contribution in [-0.2, 0) is 16.0 Å². The van der Waals surface area contributed by atoms with E-state index in [0.29, 0.717) is 0 Å². The van der Waals surface area contributed by atoms with Gasteiger partial charge in [-0.1, -0.05) is 0 Å². The molecule has 1 unspecified atom stereocenters. The van der Waals surface area contributed by atoms with Crippen molar-refractivity contribution in [3.63, 3.8) is 0 Å². The van der Waals surface area contributed by atoms with Gasteiger partial charge in [-0.25, -0.2) is 4.98 Å². The number of hydrogen-bond donors (Lipinski definition) is 1. The molecule has 0 radical (unpaired) electrons. The molecule has 0 spiro atoms. The molecule has 0 aliphatic heterocycles. The lowest BCUT2D eigenvalue weighted by Crippen LogP contribution is -2.34. The highest BCUT2D eigenvalue weighted by Gasteiger charge is 2.24. The molecule has 1 N–H and O–H groups in total. The molecular weight excluding hydrogens is 194 g/mol. The molecule has 0 aromatic carbocycles. The Hall–Kier alpha value is -0.910. The molecule has 0 aliphatic carbocycles. The van der Waals surface area contributed by atoms with Crippen LogP contribution in [0.25, 0.3) is 0 Å². The molecule has 0 bridgehead atoms. The van der Waals surface area contributed by atoms with Crippen LogP contribution in [0.15, 0.2) is 12.4 Å². The van der Waals surface area contributed by atoms with Crippen LogP contribution in [0.1, 0.15) is 18.8 Å². The number of ether oxygens (including phenoxy) is 2. The molecule has 0 saturated carbocycles. The number of hydrogen-bond acceptors (Lipinski definition) is 4. The number of aromatic nitrogens is 2. The van der Waals surface area contributed by atoms with Crippen LogP contribution < -0.4 is 5.32 Å². The Morgan fingerprint density at radius 2 is 2.13 bits per heavy atom. The lowest BCUT2D eigenvalue weighted by atomic mass is 10.2. The van der Waals surface area contributed by atoms with E-state index in [-0.39, 0.29) is 12.3 Å². The van der Waals surface area contributed by atoms with Gasteiger partial charge >= 0.3 is 0 Å². The van der Waals surface area contributed by atoms with Crippen molar-refractivity contribution in [2.75, 3.05) is 21.3 Å². The van der Waals surface area contributed by atoms with Crippen LogP contribution in [-0.4, -0.2) is 37.1 Å². The summed E-state index contributed by atoms with van der Waals surface area (Å²) in [5, 5.41) is 3.15. The summed E-state index contributed by atoms with van der Waals surface area (Å²) in [6.45, 7) is 2.96. The number of nitrogens with zero attached hydrogens (tertiary/aromatic N) is 2. The van der Waals surface area contributed by atoms with Gasteiger partial charge in [-0.05, 0) is 14.0 Å². The van der Waals surface area contributed by atoms with Gasteiger partial charge in [0.2, 0.25) is 0 Å². The molecule has 0 amide bonds. The Morgan fingerprint density at radius 3 is 2.60 bits per heavy atom. The molecule has 1 aromatic heterocycles. The summed E-state index contributed by atoms with van der Waals surface area (Å²) < 4.78 is 12.5. The molecule has 0 fully saturated rings. The smallest absolute Gasteiger partial charge is 0.179 e. The van der Waals surface area contributed by atoms with E-state index in [1.807, 2.05) is 13.2 Å². The number of rotatable bonds is 6. The van der Waals surface area contributed by atoms with E-state index in [4.69, 9.17) is 9.47 Å². The van der Waals surface area contributed by atoms with Gasteiger partial charge in [-0.15, -0.1) is 0 Å². The van der Waals surface area contributed by atoms with Crippen molar-refractivity contribution in [3.8, 4) is 0 Å². The number of methoxy groups -OCH3 is 2. The zero-order valence-corrected chi connectivity index (χ0v) is 9.73. The van der Waals surface area contributed by atoms with Crippen molar-refractivity contribution in [3.05, 3.63) is 18.2 Å². The van der Waals surface area contributed by atoms with Gasteiger partial charge in [0, 0.05) is 33.2 Å². The maximum atomic E-state index is 5.24. The molecule has 0 aliphatic rings. The Labute approximate surface area is 90.4 Å². The molecule has 86 valence electrons. The first-order valence-corrected chi connectivity index (χ1v) is 5.02. The third-order valence-electron chi connectivity index (χ3n) is 2.41. The van der Waals surface area contributed by atoms with Crippen molar-refractivity contribution in [1.82, 2.24) is 14.9 Å². The SMILES string of the molecule is CCn1ccnc1C(NC)C(OC)OC. The van der Waals surface area contributed by atoms with Gasteiger partial charge in [-0.3, -0.25) is 0 Å². The minimum Gasteiger partial charge on any atom is -0.354 e. The van der Waals surface area contributed by atoms with Crippen molar-refractivity contribution >= 4 is 0 Å². The van der Waals surface area contributed by atoms with Crippen LogP contribution >= 0.6 is 0 Å². The average molecular weight is 213 g/mol. The number of aryl methyl sites for hydroxylation is 1. The summed E-state index contributed by atoms with van der Waals surface area (Å²) in [4.78, 5) is 4.32. The average Bonchev–Trinajstić information content (AvgIpc) is 2.73. The summed E-state index contributed by atoms with van der Waals surface area (Å²) >= 11 is 0. The quantitative estimate of drug-likeness (QED) is 0.709. The standard InChI is InChI=1S/C10H19N3O2/c1-5-13-7-6-12-9(13)8(11-2)10(14-3)15-4/h6-8,10-11H,5H2,1-4H3. The fourth-order valence-electron chi connectivity index (χ4n) is 1.62. The third kappa shape index (κ3) is 2.56. The van der Waals surface area contributed by atoms with Gasteiger partial charge < -0.3 is 19.4 Å². The highest BCUT2D eigenvalue weighted by atomic mass is 16.7. The topological polar surface area (TPSA) is 48.3 Å². The molecule has 1 heterocycles. The van der Waals surface area contributed by atoms with Gasteiger partial charge in [0.1, 0.15) is 11.9 Å². The van der Waals surface area contributed by atoms with Crippen LogP contribution in [0, 0.1) is 0 Å². The van der Waals surface area contributed by atoms with Crippen LogP contribution in [0.2, 0.25) is 0 Å². The predicted octanol–water partition coefficient (Wildman–Crippen LogP) is 0.782. The molecule has 1 atom stereocenters. The summed E-state index contributed by atoms with van der Waals surface area (Å²) in [7, 11) is 5.11. The van der Waals surface area contributed by atoms with E-state index in [9.17, 15) is 0 Å². The molecule has 5 heteroatoms. The Bertz CT molecular complexity index is 284. The molecule has 0 saturated heterocycles. The summed E-state index contributed by atoms with van der Waals surface area (Å²) in [5.41, 5.74) is 0. The zero-order chi connectivity index (χ0) is 11.3. The summed E-state index contributed by atoms with van der Waals surface area (Å²) in [6, 6.07) is -0.0602. The molecule has 1 aromatic rings. The van der Waals surface area contributed by atoms with E-state index in [1.54, 1.807) is 20.4 Å². The van der Waals surface area contributed by atoms with E-state index in [0.717, 1.165) is 12.4 Å². The highest BCUT2D eigenvalue weighted by Crippen LogP contribution is 2.17. The summed E-state index contributed by atoms with van der Waals surface area (Å²) in [6.07, 6.45) is 3.40. The molecule has 15 heavy (non-hydrogen) atoms. The van der Waals surface area contributed by atoms with Crippen molar-refractivity contribution < 1.29 is 9.47 Å². The maximum Gasteiger partial charge on any atom is 0.179 e. The fourth-order valence-corrected chi connectivity index (χ4v) is 1.62. The minimum atomic E-state index is -0.331. The number of imidazole rings is 1. The lowest BCUT2D eigenvalue weighted by molar-refractivity contribution is -0.124. The number of nitrogens with one attached hydrogen (secondary N) is 1. The number of likely N-dealkylation sites (N-methyl/N-ethyl adjacent to an activating group) is 1. The monoisotopic (exact) mass is 213 g/mol. The molecule has 1 rings (SSSR count). The Morgan fingerprint density at radius 1 is 1.47 bits per heavy atom. The fraction of sp³-hybridized carbons (Fsp3) is 0.700. The first kappa shape index (κ1) is 12.2. The maximum absolute atomic E-state index is 5.24. The second-order valence-corrected chi connectivity index (χ2v) is 3.18. The van der Waals surface area contributed by atoms with Crippen LogP contribution in [0.5, 0.6) is 0 Å². The zero-order valence-electron chi connectivity index (χ0n) is 9.73. The van der Waals surface area contributed by atoms with Gasteiger partial charge in [-0.2, -0.15) is 0 Å². The van der Waals surface area contributed by atoms with E-state index >= 15 is 0 Å². The second-order valence-electron chi connectivity index (χ2n) is 3.18. The normalized spacial score (nSPS) is 13.4. The van der Waals surface area contributed by atoms with E-state index in [1.165, 1.54) is 0 Å². The largest absolute Gasteiger partial charge is 0.354 e. The molecular formula is C10H19N3O2. The van der Waals surface area contributed by atoms with Crippen LogP contribution in [0.4, 0.5) is 0 Å². The lowest BCUT2D eigenvalue weighted by Gasteiger charge is -2.24.